The molecule has 0 saturated carbocycles. The topological polar surface area (TPSA) is 75.4 Å². The fourth-order valence-corrected chi connectivity index (χ4v) is 2.47. The third-order valence-corrected chi connectivity index (χ3v) is 4.02. The maximum Gasteiger partial charge on any atom is 0.239 e. The van der Waals surface area contributed by atoms with Crippen LogP contribution < -0.4 is 11.1 Å². The van der Waals surface area contributed by atoms with E-state index in [2.05, 4.69) is 5.32 Å². The molecule has 0 spiro atoms. The normalized spacial score (nSPS) is 11.3. The van der Waals surface area contributed by atoms with E-state index in [4.69, 9.17) is 5.73 Å². The highest BCUT2D eigenvalue weighted by molar-refractivity contribution is 7.98. The van der Waals surface area contributed by atoms with Gasteiger partial charge in [0.2, 0.25) is 11.8 Å². The van der Waals surface area contributed by atoms with Crippen molar-refractivity contribution in [1.82, 2.24) is 10.2 Å². The number of likely N-dealkylation sites (N-methyl/N-ethyl adjacent to an activating group) is 1. The van der Waals surface area contributed by atoms with E-state index in [1.54, 1.807) is 23.9 Å². The third-order valence-electron chi connectivity index (χ3n) is 3.38. The number of hydrogen-bond donors (Lipinski definition) is 2. The average molecular weight is 378 g/mol. The van der Waals surface area contributed by atoms with Crippen molar-refractivity contribution >= 4 is 36.0 Å². The van der Waals surface area contributed by atoms with Crippen LogP contribution >= 0.6 is 24.2 Å². The van der Waals surface area contributed by atoms with Gasteiger partial charge in [0.25, 0.3) is 0 Å². The van der Waals surface area contributed by atoms with Gasteiger partial charge < -0.3 is 16.0 Å². The summed E-state index contributed by atoms with van der Waals surface area (Å²) in [4.78, 5) is 25.6. The molecule has 1 aromatic rings. The smallest absolute Gasteiger partial charge is 0.239 e. The molecule has 1 atom stereocenters. The SMILES string of the molecule is CCN(CC(=O)NCc1ccc(F)cc1)C(=O)[C@@H](N)CCSC.Cl. The largest absolute Gasteiger partial charge is 0.350 e. The van der Waals surface area contributed by atoms with Crippen molar-refractivity contribution in [1.29, 1.82) is 0 Å². The van der Waals surface area contributed by atoms with Crippen molar-refractivity contribution in [3.63, 3.8) is 0 Å². The summed E-state index contributed by atoms with van der Waals surface area (Å²) >= 11 is 1.63. The summed E-state index contributed by atoms with van der Waals surface area (Å²) in [6, 6.07) is 5.32. The Morgan fingerprint density at radius 3 is 2.50 bits per heavy atom. The molecule has 0 radical (unpaired) electrons. The number of hydrogen-bond acceptors (Lipinski definition) is 4. The molecule has 1 aromatic carbocycles. The van der Waals surface area contributed by atoms with Crippen LogP contribution in [-0.4, -0.2) is 47.9 Å². The number of halogens is 2. The van der Waals surface area contributed by atoms with Gasteiger partial charge in [0.15, 0.2) is 0 Å². The summed E-state index contributed by atoms with van der Waals surface area (Å²) < 4.78 is 12.8. The number of thioether (sulfide) groups is 1. The van der Waals surface area contributed by atoms with Gasteiger partial charge in [-0.25, -0.2) is 4.39 Å². The van der Waals surface area contributed by atoms with Crippen LogP contribution in [0.25, 0.3) is 0 Å². The van der Waals surface area contributed by atoms with Crippen molar-refractivity contribution in [2.24, 2.45) is 5.73 Å². The number of benzene rings is 1. The molecular weight excluding hydrogens is 353 g/mol. The van der Waals surface area contributed by atoms with Gasteiger partial charge in [0.05, 0.1) is 12.6 Å². The maximum atomic E-state index is 12.8. The van der Waals surface area contributed by atoms with Gasteiger partial charge in [-0.05, 0) is 43.0 Å². The Kier molecular flexibility index (Phi) is 11.4. The number of nitrogens with one attached hydrogen (secondary N) is 1. The minimum absolute atomic E-state index is 0. The second-order valence-corrected chi connectivity index (χ2v) is 6.13. The van der Waals surface area contributed by atoms with E-state index in [0.29, 0.717) is 19.5 Å². The van der Waals surface area contributed by atoms with Gasteiger partial charge in [-0.15, -0.1) is 12.4 Å². The second kappa shape index (κ2) is 12.1. The fraction of sp³-hybridized carbons (Fsp3) is 0.500. The summed E-state index contributed by atoms with van der Waals surface area (Å²) in [5, 5.41) is 2.72. The van der Waals surface area contributed by atoms with Crippen LogP contribution in [0.1, 0.15) is 18.9 Å². The van der Waals surface area contributed by atoms with E-state index in [9.17, 15) is 14.0 Å². The van der Waals surface area contributed by atoms with Crippen LogP contribution in [0.4, 0.5) is 4.39 Å². The molecule has 0 aliphatic carbocycles. The molecule has 0 aliphatic heterocycles. The highest BCUT2D eigenvalue weighted by Gasteiger charge is 2.21. The second-order valence-electron chi connectivity index (χ2n) is 5.14. The standard InChI is InChI=1S/C16H24FN3O2S.ClH/c1-3-20(16(22)14(18)8-9-23-2)11-15(21)19-10-12-4-6-13(17)7-5-12;/h4-7,14H,3,8-11,18H2,1-2H3,(H,19,21);1H/t14-;/m0./s1. The van der Waals surface area contributed by atoms with E-state index in [-0.39, 0.29) is 36.6 Å². The Labute approximate surface area is 152 Å². The quantitative estimate of drug-likeness (QED) is 0.688. The van der Waals surface area contributed by atoms with Gasteiger partial charge in [-0.1, -0.05) is 12.1 Å². The minimum Gasteiger partial charge on any atom is -0.350 e. The number of nitrogens with two attached hydrogens (primary N) is 1. The number of rotatable bonds is 9. The lowest BCUT2D eigenvalue weighted by molar-refractivity contribution is -0.137. The molecule has 24 heavy (non-hydrogen) atoms. The predicted molar refractivity (Wildman–Crippen MR) is 98.7 cm³/mol. The molecule has 5 nitrogen and oxygen atoms in total. The summed E-state index contributed by atoms with van der Waals surface area (Å²) in [7, 11) is 0. The Morgan fingerprint density at radius 1 is 1.33 bits per heavy atom. The Hall–Kier alpha value is -1.31. The van der Waals surface area contributed by atoms with Crippen molar-refractivity contribution in [3.8, 4) is 0 Å². The first-order valence-electron chi connectivity index (χ1n) is 7.52. The summed E-state index contributed by atoms with van der Waals surface area (Å²) in [6.07, 6.45) is 2.55. The van der Waals surface area contributed by atoms with Crippen LogP contribution in [0.5, 0.6) is 0 Å². The molecule has 1 rings (SSSR count). The Balaban J connectivity index is 0.00000529. The molecule has 0 aromatic heterocycles. The van der Waals surface area contributed by atoms with Crippen LogP contribution in [0.15, 0.2) is 24.3 Å². The monoisotopic (exact) mass is 377 g/mol. The van der Waals surface area contributed by atoms with E-state index >= 15 is 0 Å². The average Bonchev–Trinajstić information content (AvgIpc) is 2.56. The number of carbonyl (C=O) groups is 2. The van der Waals surface area contributed by atoms with Gasteiger partial charge in [0.1, 0.15) is 5.82 Å². The highest BCUT2D eigenvalue weighted by Crippen LogP contribution is 2.04. The Morgan fingerprint density at radius 2 is 1.96 bits per heavy atom. The molecule has 0 aliphatic rings. The first-order chi connectivity index (χ1) is 11.0. The van der Waals surface area contributed by atoms with Gasteiger partial charge in [-0.2, -0.15) is 11.8 Å². The van der Waals surface area contributed by atoms with E-state index in [1.165, 1.54) is 17.0 Å². The van der Waals surface area contributed by atoms with Crippen LogP contribution in [-0.2, 0) is 16.1 Å². The summed E-state index contributed by atoms with van der Waals surface area (Å²) in [5.74, 6) is 0.0171. The third kappa shape index (κ3) is 7.99. The summed E-state index contributed by atoms with van der Waals surface area (Å²) in [6.45, 7) is 2.51. The van der Waals surface area contributed by atoms with Crippen LogP contribution in [0.3, 0.4) is 0 Å². The van der Waals surface area contributed by atoms with Crippen molar-refractivity contribution in [3.05, 3.63) is 35.6 Å². The molecule has 2 amide bonds. The first kappa shape index (κ1) is 22.7. The lowest BCUT2D eigenvalue weighted by Gasteiger charge is -2.23. The highest BCUT2D eigenvalue weighted by atomic mass is 35.5. The molecule has 0 heterocycles. The fourth-order valence-electron chi connectivity index (χ4n) is 1.98. The zero-order valence-electron chi connectivity index (χ0n) is 14.0. The molecule has 0 bridgehead atoms. The minimum atomic E-state index is -0.577. The zero-order chi connectivity index (χ0) is 17.2. The molecule has 0 fully saturated rings. The number of nitrogens with zero attached hydrogens (tertiary/aromatic N) is 1. The van der Waals surface area contributed by atoms with Crippen molar-refractivity contribution in [2.45, 2.75) is 25.9 Å². The molecular formula is C16H25ClFN3O2S. The van der Waals surface area contributed by atoms with E-state index in [0.717, 1.165) is 11.3 Å². The first-order valence-corrected chi connectivity index (χ1v) is 8.91. The number of amides is 2. The van der Waals surface area contributed by atoms with Gasteiger partial charge >= 0.3 is 0 Å². The molecule has 0 unspecified atom stereocenters. The molecule has 0 saturated heterocycles. The summed E-state index contributed by atoms with van der Waals surface area (Å²) in [5.41, 5.74) is 6.66. The lowest BCUT2D eigenvalue weighted by atomic mass is 10.2. The molecule has 3 N–H and O–H groups in total. The van der Waals surface area contributed by atoms with Gasteiger partial charge in [0, 0.05) is 13.1 Å². The Bertz CT molecular complexity index is 517. The molecule has 8 heteroatoms. The van der Waals surface area contributed by atoms with Crippen LogP contribution in [0, 0.1) is 5.82 Å². The van der Waals surface area contributed by atoms with Crippen molar-refractivity contribution < 1.29 is 14.0 Å². The lowest BCUT2D eigenvalue weighted by Crippen LogP contribution is -2.47. The van der Waals surface area contributed by atoms with Crippen molar-refractivity contribution in [2.75, 3.05) is 25.1 Å². The van der Waals surface area contributed by atoms with E-state index in [1.807, 2.05) is 13.2 Å². The number of carbonyl (C=O) groups excluding carboxylic acids is 2. The predicted octanol–water partition coefficient (Wildman–Crippen LogP) is 1.79. The van der Waals surface area contributed by atoms with E-state index < -0.39 is 6.04 Å². The van der Waals surface area contributed by atoms with Crippen LogP contribution in [0.2, 0.25) is 0 Å². The molecule has 136 valence electrons. The zero-order valence-corrected chi connectivity index (χ0v) is 15.6. The van der Waals surface area contributed by atoms with Gasteiger partial charge in [-0.3, -0.25) is 9.59 Å². The maximum absolute atomic E-state index is 12.8.